The number of amides is 2. The van der Waals surface area contributed by atoms with E-state index >= 15 is 0 Å². The van der Waals surface area contributed by atoms with E-state index in [-0.39, 0.29) is 31.0 Å². The fourth-order valence-electron chi connectivity index (χ4n) is 2.59. The van der Waals surface area contributed by atoms with Gasteiger partial charge in [0.25, 0.3) is 0 Å². The maximum absolute atomic E-state index is 12.3. The summed E-state index contributed by atoms with van der Waals surface area (Å²) in [5.74, 6) is -0.788. The van der Waals surface area contributed by atoms with Crippen LogP contribution in [0.25, 0.3) is 0 Å². The molecule has 0 radical (unpaired) electrons. The highest BCUT2D eigenvalue weighted by Crippen LogP contribution is 2.17. The highest BCUT2D eigenvalue weighted by atomic mass is 16.2. The number of benzene rings is 2. The Kier molecular flexibility index (Phi) is 6.06. The van der Waals surface area contributed by atoms with Gasteiger partial charge in [0.05, 0.1) is 6.42 Å². The van der Waals surface area contributed by atoms with Gasteiger partial charge in [-0.3, -0.25) is 14.4 Å². The third-order valence-corrected chi connectivity index (χ3v) is 3.93. The standard InChI is InChI=1S/C20H22N2O3/c1-13-7-8-14(2)16(11-13)18(23)9-10-20(25)22-17-6-4-3-5-15(17)12-19(21)24/h3-8,11H,9-10,12H2,1-2H3,(H2,21,24)(H,22,25). The number of primary amides is 1. The van der Waals surface area contributed by atoms with Crippen molar-refractivity contribution in [2.24, 2.45) is 5.73 Å². The van der Waals surface area contributed by atoms with Gasteiger partial charge in [-0.05, 0) is 37.1 Å². The Morgan fingerprint density at radius 1 is 1.00 bits per heavy atom. The van der Waals surface area contributed by atoms with Crippen LogP contribution in [-0.4, -0.2) is 17.6 Å². The molecule has 0 unspecified atom stereocenters. The van der Waals surface area contributed by atoms with Gasteiger partial charge in [-0.2, -0.15) is 0 Å². The van der Waals surface area contributed by atoms with Crippen LogP contribution in [0.4, 0.5) is 5.69 Å². The maximum Gasteiger partial charge on any atom is 0.224 e. The molecular weight excluding hydrogens is 316 g/mol. The number of nitrogens with two attached hydrogens (primary N) is 1. The number of carbonyl (C=O) groups is 3. The number of hydrogen-bond acceptors (Lipinski definition) is 3. The predicted molar refractivity (Wildman–Crippen MR) is 97.5 cm³/mol. The quantitative estimate of drug-likeness (QED) is 0.761. The van der Waals surface area contributed by atoms with Crippen molar-refractivity contribution in [2.45, 2.75) is 33.1 Å². The zero-order valence-electron chi connectivity index (χ0n) is 14.5. The van der Waals surface area contributed by atoms with Gasteiger partial charge in [0.15, 0.2) is 5.78 Å². The number of ketones is 1. The molecular formula is C20H22N2O3. The molecule has 0 atom stereocenters. The Morgan fingerprint density at radius 2 is 1.72 bits per heavy atom. The largest absolute Gasteiger partial charge is 0.369 e. The van der Waals surface area contributed by atoms with Crippen molar-refractivity contribution < 1.29 is 14.4 Å². The topological polar surface area (TPSA) is 89.3 Å². The minimum atomic E-state index is -0.466. The second-order valence-corrected chi connectivity index (χ2v) is 6.09. The van der Waals surface area contributed by atoms with Crippen LogP contribution in [0.1, 0.15) is 39.9 Å². The lowest BCUT2D eigenvalue weighted by Gasteiger charge is -2.10. The zero-order chi connectivity index (χ0) is 18.4. The summed E-state index contributed by atoms with van der Waals surface area (Å²) < 4.78 is 0. The van der Waals surface area contributed by atoms with Crippen LogP contribution in [-0.2, 0) is 16.0 Å². The van der Waals surface area contributed by atoms with Crippen molar-refractivity contribution in [2.75, 3.05) is 5.32 Å². The Bertz CT molecular complexity index is 812. The monoisotopic (exact) mass is 338 g/mol. The number of Topliss-reactive ketones (excluding diaryl/α,β-unsaturated/α-hetero) is 1. The molecule has 2 aromatic rings. The first-order valence-corrected chi connectivity index (χ1v) is 8.13. The van der Waals surface area contributed by atoms with Crippen LogP contribution in [0.3, 0.4) is 0 Å². The fourth-order valence-corrected chi connectivity index (χ4v) is 2.59. The van der Waals surface area contributed by atoms with Crippen molar-refractivity contribution in [3.63, 3.8) is 0 Å². The summed E-state index contributed by atoms with van der Waals surface area (Å²) in [5.41, 5.74) is 8.99. The van der Waals surface area contributed by atoms with E-state index in [1.54, 1.807) is 24.3 Å². The van der Waals surface area contributed by atoms with Crippen molar-refractivity contribution in [1.29, 1.82) is 0 Å². The highest BCUT2D eigenvalue weighted by Gasteiger charge is 2.13. The van der Waals surface area contributed by atoms with Gasteiger partial charge in [-0.15, -0.1) is 0 Å². The second-order valence-electron chi connectivity index (χ2n) is 6.09. The van der Waals surface area contributed by atoms with E-state index in [9.17, 15) is 14.4 Å². The van der Waals surface area contributed by atoms with E-state index in [1.807, 2.05) is 32.0 Å². The van der Waals surface area contributed by atoms with E-state index in [2.05, 4.69) is 5.32 Å². The van der Waals surface area contributed by atoms with E-state index in [0.717, 1.165) is 11.1 Å². The third-order valence-electron chi connectivity index (χ3n) is 3.93. The SMILES string of the molecule is Cc1ccc(C)c(C(=O)CCC(=O)Nc2ccccc2CC(N)=O)c1. The first kappa shape index (κ1) is 18.4. The number of rotatable bonds is 7. The lowest BCUT2D eigenvalue weighted by molar-refractivity contribution is -0.118. The number of para-hydroxylation sites is 1. The number of aryl methyl sites for hydroxylation is 2. The summed E-state index contributed by atoms with van der Waals surface area (Å²) in [6, 6.07) is 12.7. The average Bonchev–Trinajstić information content (AvgIpc) is 2.56. The lowest BCUT2D eigenvalue weighted by atomic mass is 9.99. The molecule has 2 rings (SSSR count). The Labute approximate surface area is 147 Å². The third kappa shape index (κ3) is 5.28. The molecule has 25 heavy (non-hydrogen) atoms. The second kappa shape index (κ2) is 8.24. The molecule has 0 fully saturated rings. The minimum absolute atomic E-state index is 0.0534. The Balaban J connectivity index is 1.98. The van der Waals surface area contributed by atoms with Gasteiger partial charge in [0, 0.05) is 24.1 Å². The number of carbonyl (C=O) groups excluding carboxylic acids is 3. The van der Waals surface area contributed by atoms with Crippen LogP contribution in [0.15, 0.2) is 42.5 Å². The molecule has 0 saturated carbocycles. The summed E-state index contributed by atoms with van der Waals surface area (Å²) in [6.45, 7) is 3.81. The summed E-state index contributed by atoms with van der Waals surface area (Å²) in [5, 5.41) is 2.75. The van der Waals surface area contributed by atoms with Crippen LogP contribution >= 0.6 is 0 Å². The van der Waals surface area contributed by atoms with Crippen molar-refractivity contribution in [3.8, 4) is 0 Å². The molecule has 0 aliphatic heterocycles. The van der Waals surface area contributed by atoms with Crippen molar-refractivity contribution >= 4 is 23.3 Å². The zero-order valence-corrected chi connectivity index (χ0v) is 14.5. The molecule has 0 aliphatic rings. The molecule has 2 amide bonds. The molecule has 2 aromatic carbocycles. The van der Waals surface area contributed by atoms with Gasteiger partial charge in [0.2, 0.25) is 11.8 Å². The van der Waals surface area contributed by atoms with Crippen LogP contribution in [0.2, 0.25) is 0 Å². The summed E-state index contributed by atoms with van der Waals surface area (Å²) >= 11 is 0. The molecule has 0 heterocycles. The molecule has 130 valence electrons. The highest BCUT2D eigenvalue weighted by molar-refractivity contribution is 6.01. The van der Waals surface area contributed by atoms with Gasteiger partial charge in [-0.1, -0.05) is 35.9 Å². The Hall–Kier alpha value is -2.95. The first-order valence-electron chi connectivity index (χ1n) is 8.13. The molecule has 0 bridgehead atoms. The van der Waals surface area contributed by atoms with E-state index < -0.39 is 5.91 Å². The van der Waals surface area contributed by atoms with Gasteiger partial charge >= 0.3 is 0 Å². The summed E-state index contributed by atoms with van der Waals surface area (Å²) in [7, 11) is 0. The maximum atomic E-state index is 12.3. The van der Waals surface area contributed by atoms with E-state index in [1.165, 1.54) is 0 Å². The predicted octanol–water partition coefficient (Wildman–Crippen LogP) is 2.93. The number of hydrogen-bond donors (Lipinski definition) is 2. The smallest absolute Gasteiger partial charge is 0.224 e. The fraction of sp³-hybridized carbons (Fsp3) is 0.250. The molecule has 3 N–H and O–H groups in total. The van der Waals surface area contributed by atoms with Gasteiger partial charge in [0.1, 0.15) is 0 Å². The van der Waals surface area contributed by atoms with Crippen LogP contribution in [0, 0.1) is 13.8 Å². The summed E-state index contributed by atoms with van der Waals surface area (Å²) in [6.07, 6.45) is 0.267. The van der Waals surface area contributed by atoms with E-state index in [4.69, 9.17) is 5.73 Å². The molecule has 0 aliphatic carbocycles. The number of anilines is 1. The lowest BCUT2D eigenvalue weighted by Crippen LogP contribution is -2.18. The molecule has 0 saturated heterocycles. The minimum Gasteiger partial charge on any atom is -0.369 e. The molecule has 0 aromatic heterocycles. The van der Waals surface area contributed by atoms with E-state index in [0.29, 0.717) is 16.8 Å². The van der Waals surface area contributed by atoms with Crippen molar-refractivity contribution in [1.82, 2.24) is 0 Å². The van der Waals surface area contributed by atoms with Crippen LogP contribution in [0.5, 0.6) is 0 Å². The number of nitrogens with one attached hydrogen (secondary N) is 1. The van der Waals surface area contributed by atoms with Crippen molar-refractivity contribution in [3.05, 3.63) is 64.7 Å². The Morgan fingerprint density at radius 3 is 2.44 bits per heavy atom. The van der Waals surface area contributed by atoms with Gasteiger partial charge in [-0.25, -0.2) is 0 Å². The molecule has 5 nitrogen and oxygen atoms in total. The summed E-state index contributed by atoms with van der Waals surface area (Å²) in [4.78, 5) is 35.6. The average molecular weight is 338 g/mol. The normalized spacial score (nSPS) is 10.3. The molecule has 5 heteroatoms. The van der Waals surface area contributed by atoms with Crippen LogP contribution < -0.4 is 11.1 Å². The molecule has 0 spiro atoms. The first-order chi connectivity index (χ1) is 11.9. The van der Waals surface area contributed by atoms with Gasteiger partial charge < -0.3 is 11.1 Å².